The van der Waals surface area contributed by atoms with Crippen molar-refractivity contribution in [3.8, 4) is 0 Å². The van der Waals surface area contributed by atoms with Crippen LogP contribution in [-0.2, 0) is 9.59 Å². The molecule has 1 amide bonds. The van der Waals surface area contributed by atoms with E-state index in [1.54, 1.807) is 42.5 Å². The smallest absolute Gasteiger partial charge is 0.337 e. The van der Waals surface area contributed by atoms with Crippen LogP contribution in [0.25, 0.3) is 0 Å². The van der Waals surface area contributed by atoms with Crippen molar-refractivity contribution in [3.05, 3.63) is 72.3 Å². The van der Waals surface area contributed by atoms with Crippen LogP contribution in [0.15, 0.2) is 66.7 Å². The third-order valence-corrected chi connectivity index (χ3v) is 2.98. The molecule has 0 spiro atoms. The van der Waals surface area contributed by atoms with E-state index in [2.05, 4.69) is 0 Å². The highest BCUT2D eigenvalue weighted by Gasteiger charge is 2.21. The normalized spacial score (nSPS) is 10.4. The zero-order valence-electron chi connectivity index (χ0n) is 11.9. The van der Waals surface area contributed by atoms with Crippen LogP contribution in [0, 0.1) is 0 Å². The summed E-state index contributed by atoms with van der Waals surface area (Å²) in [4.78, 5) is 35.6. The molecule has 0 saturated carbocycles. The maximum Gasteiger partial charge on any atom is 0.337 e. The largest absolute Gasteiger partial charge is 0.478 e. The number of benzene rings is 2. The minimum absolute atomic E-state index is 0.0616. The molecule has 6 nitrogen and oxygen atoms in total. The number of nitrogens with zero attached hydrogens (tertiary/aromatic N) is 1. The number of aromatic carboxylic acids is 1. The Balaban J connectivity index is 2.57. The van der Waals surface area contributed by atoms with Crippen LogP contribution in [0.2, 0.25) is 0 Å². The Morgan fingerprint density at radius 3 is 2.04 bits per heavy atom. The van der Waals surface area contributed by atoms with E-state index in [4.69, 9.17) is 5.11 Å². The molecule has 0 fully saturated rings. The van der Waals surface area contributed by atoms with Crippen LogP contribution < -0.4 is 4.90 Å². The third kappa shape index (κ3) is 3.82. The molecule has 2 aromatic carbocycles. The van der Waals surface area contributed by atoms with Gasteiger partial charge in [0.15, 0.2) is 0 Å². The number of carbonyl (C=O) groups is 3. The summed E-state index contributed by atoms with van der Waals surface area (Å²) < 4.78 is 0. The predicted molar refractivity (Wildman–Crippen MR) is 83.8 cm³/mol. The van der Waals surface area contributed by atoms with Crippen LogP contribution in [-0.4, -0.2) is 28.1 Å². The molecule has 0 heterocycles. The summed E-state index contributed by atoms with van der Waals surface area (Å²) >= 11 is 0. The summed E-state index contributed by atoms with van der Waals surface area (Å²) in [6.45, 7) is 0. The molecule has 0 aromatic heterocycles. The van der Waals surface area contributed by atoms with E-state index in [-0.39, 0.29) is 11.3 Å². The second-order valence-corrected chi connectivity index (χ2v) is 4.50. The number of hydrogen-bond donors (Lipinski definition) is 2. The lowest BCUT2D eigenvalue weighted by Gasteiger charge is -2.23. The van der Waals surface area contributed by atoms with Crippen molar-refractivity contribution in [1.29, 1.82) is 0 Å². The van der Waals surface area contributed by atoms with Gasteiger partial charge in [0.1, 0.15) is 0 Å². The van der Waals surface area contributed by atoms with Gasteiger partial charge >= 0.3 is 11.9 Å². The molecule has 0 bridgehead atoms. The van der Waals surface area contributed by atoms with E-state index in [1.807, 2.05) is 0 Å². The Kier molecular flexibility index (Phi) is 4.89. The quantitative estimate of drug-likeness (QED) is 0.828. The number of anilines is 2. The van der Waals surface area contributed by atoms with Crippen molar-refractivity contribution in [2.75, 3.05) is 4.90 Å². The zero-order chi connectivity index (χ0) is 16.8. The van der Waals surface area contributed by atoms with Gasteiger partial charge in [0, 0.05) is 17.8 Å². The predicted octanol–water partition coefficient (Wildman–Crippen LogP) is 2.69. The standard InChI is InChI=1S/C17H13NO5/c19-15(10-11-16(20)21)18(12-6-2-1-3-7-12)14-9-5-4-8-13(14)17(22)23/h1-11H,(H,20,21)(H,22,23). The van der Waals surface area contributed by atoms with Gasteiger partial charge in [0.2, 0.25) is 0 Å². The number of rotatable bonds is 5. The minimum atomic E-state index is -1.27. The van der Waals surface area contributed by atoms with Gasteiger partial charge in [-0.25, -0.2) is 9.59 Å². The van der Waals surface area contributed by atoms with Gasteiger partial charge in [0.25, 0.3) is 5.91 Å². The second-order valence-electron chi connectivity index (χ2n) is 4.50. The summed E-state index contributed by atoms with van der Waals surface area (Å²) in [5.41, 5.74) is 0.529. The molecule has 0 saturated heterocycles. The lowest BCUT2D eigenvalue weighted by molar-refractivity contribution is -0.131. The van der Waals surface area contributed by atoms with Crippen molar-refractivity contribution < 1.29 is 24.6 Å². The van der Waals surface area contributed by atoms with Crippen molar-refractivity contribution in [1.82, 2.24) is 0 Å². The van der Waals surface area contributed by atoms with Crippen molar-refractivity contribution >= 4 is 29.2 Å². The Morgan fingerprint density at radius 1 is 0.826 bits per heavy atom. The average molecular weight is 311 g/mol. The number of carboxylic acids is 2. The Morgan fingerprint density at radius 2 is 1.43 bits per heavy atom. The SMILES string of the molecule is O=C(O)C=CC(=O)N(c1ccccc1)c1ccccc1C(=O)O. The molecule has 2 rings (SSSR count). The van der Waals surface area contributed by atoms with E-state index in [0.29, 0.717) is 11.8 Å². The molecule has 0 unspecified atom stereocenters. The second kappa shape index (κ2) is 7.04. The lowest BCUT2D eigenvalue weighted by atomic mass is 10.1. The van der Waals surface area contributed by atoms with E-state index in [0.717, 1.165) is 11.0 Å². The first-order valence-electron chi connectivity index (χ1n) is 6.63. The highest BCUT2D eigenvalue weighted by atomic mass is 16.4. The van der Waals surface area contributed by atoms with Gasteiger partial charge in [-0.15, -0.1) is 0 Å². The van der Waals surface area contributed by atoms with E-state index in [1.165, 1.54) is 12.1 Å². The summed E-state index contributed by atoms with van der Waals surface area (Å²) in [7, 11) is 0. The van der Waals surface area contributed by atoms with Crippen LogP contribution in [0.3, 0.4) is 0 Å². The lowest BCUT2D eigenvalue weighted by Crippen LogP contribution is -2.26. The van der Waals surface area contributed by atoms with Gasteiger partial charge in [-0.1, -0.05) is 30.3 Å². The number of hydrogen-bond acceptors (Lipinski definition) is 3. The number of para-hydroxylation sites is 2. The fraction of sp³-hybridized carbons (Fsp3) is 0. The van der Waals surface area contributed by atoms with E-state index >= 15 is 0 Å². The van der Waals surface area contributed by atoms with Crippen molar-refractivity contribution in [2.45, 2.75) is 0 Å². The summed E-state index contributed by atoms with van der Waals surface area (Å²) in [5.74, 6) is -3.11. The van der Waals surface area contributed by atoms with Crippen molar-refractivity contribution in [2.24, 2.45) is 0 Å². The van der Waals surface area contributed by atoms with Gasteiger partial charge in [0.05, 0.1) is 11.3 Å². The summed E-state index contributed by atoms with van der Waals surface area (Å²) in [5, 5.41) is 18.0. The molecule has 0 atom stereocenters. The fourth-order valence-electron chi connectivity index (χ4n) is 2.03. The molecule has 0 radical (unpaired) electrons. The molecule has 6 heteroatoms. The Labute approximate surface area is 131 Å². The minimum Gasteiger partial charge on any atom is -0.478 e. The van der Waals surface area contributed by atoms with E-state index < -0.39 is 17.8 Å². The van der Waals surface area contributed by atoms with Gasteiger partial charge in [-0.2, -0.15) is 0 Å². The van der Waals surface area contributed by atoms with E-state index in [9.17, 15) is 19.5 Å². The van der Waals surface area contributed by atoms with Gasteiger partial charge < -0.3 is 10.2 Å². The topological polar surface area (TPSA) is 94.9 Å². The molecule has 0 aliphatic heterocycles. The van der Waals surface area contributed by atoms with Crippen LogP contribution in [0.4, 0.5) is 11.4 Å². The van der Waals surface area contributed by atoms with Crippen LogP contribution >= 0.6 is 0 Å². The molecule has 2 N–H and O–H groups in total. The highest BCUT2D eigenvalue weighted by molar-refractivity contribution is 6.11. The molecular weight excluding hydrogens is 298 g/mol. The maximum atomic E-state index is 12.4. The van der Waals surface area contributed by atoms with Gasteiger partial charge in [-0.05, 0) is 24.3 Å². The zero-order valence-corrected chi connectivity index (χ0v) is 11.9. The number of carboxylic acid groups (broad SMARTS) is 2. The number of carbonyl (C=O) groups excluding carboxylic acids is 1. The molecule has 0 aliphatic rings. The monoisotopic (exact) mass is 311 g/mol. The molecular formula is C17H13NO5. The first-order chi connectivity index (χ1) is 11.0. The summed E-state index contributed by atoms with van der Waals surface area (Å²) in [6, 6.07) is 14.4. The fourth-order valence-corrected chi connectivity index (χ4v) is 2.03. The van der Waals surface area contributed by atoms with Crippen LogP contribution in [0.1, 0.15) is 10.4 Å². The number of aliphatic carboxylic acids is 1. The molecule has 2 aromatic rings. The average Bonchev–Trinajstić information content (AvgIpc) is 2.54. The van der Waals surface area contributed by atoms with Crippen molar-refractivity contribution in [3.63, 3.8) is 0 Å². The molecule has 0 aliphatic carbocycles. The van der Waals surface area contributed by atoms with Gasteiger partial charge in [-0.3, -0.25) is 9.69 Å². The maximum absolute atomic E-state index is 12.4. The number of amides is 1. The molecule has 116 valence electrons. The first-order valence-corrected chi connectivity index (χ1v) is 6.63. The Hall–Kier alpha value is -3.41. The molecule has 23 heavy (non-hydrogen) atoms. The summed E-state index contributed by atoms with van der Waals surface area (Å²) in [6.07, 6.45) is 1.59. The Bertz CT molecular complexity index is 768. The van der Waals surface area contributed by atoms with Crippen LogP contribution in [0.5, 0.6) is 0 Å². The first kappa shape index (κ1) is 16.0. The highest BCUT2D eigenvalue weighted by Crippen LogP contribution is 2.29. The third-order valence-electron chi connectivity index (χ3n) is 2.98.